The predicted molar refractivity (Wildman–Crippen MR) is 98.2 cm³/mol. The van der Waals surface area contributed by atoms with Gasteiger partial charge < -0.3 is 4.52 Å². The monoisotopic (exact) mass is 434 g/mol. The Balaban J connectivity index is 1.61. The highest BCUT2D eigenvalue weighted by atomic mass is 35.5. The molecule has 0 spiro atoms. The molecule has 0 unspecified atom stereocenters. The van der Waals surface area contributed by atoms with Gasteiger partial charge in [0.1, 0.15) is 4.90 Å². The molecule has 1 aliphatic rings. The van der Waals surface area contributed by atoms with Crippen molar-refractivity contribution in [2.45, 2.75) is 30.2 Å². The largest absolute Gasteiger partial charge is 0.338 e. The number of sulfonamides is 2. The van der Waals surface area contributed by atoms with E-state index in [2.05, 4.69) is 14.9 Å². The molecular weight excluding hydrogens is 416 g/mol. The van der Waals surface area contributed by atoms with Crippen molar-refractivity contribution in [2.75, 3.05) is 19.3 Å². The van der Waals surface area contributed by atoms with Crippen LogP contribution in [0, 0.1) is 0 Å². The first kappa shape index (κ1) is 20.2. The molecule has 9 nitrogen and oxygen atoms in total. The third kappa shape index (κ3) is 4.85. The Labute approximate surface area is 162 Å². The lowest BCUT2D eigenvalue weighted by molar-refractivity contribution is 0.306. The summed E-state index contributed by atoms with van der Waals surface area (Å²) in [7, 11) is -7.01. The van der Waals surface area contributed by atoms with E-state index in [4.69, 9.17) is 16.1 Å². The molecule has 1 aromatic heterocycles. The molecule has 0 radical (unpaired) electrons. The summed E-state index contributed by atoms with van der Waals surface area (Å²) < 4.78 is 56.7. The van der Waals surface area contributed by atoms with Gasteiger partial charge >= 0.3 is 0 Å². The zero-order chi connectivity index (χ0) is 19.7. The Bertz CT molecular complexity index is 1010. The summed E-state index contributed by atoms with van der Waals surface area (Å²) in [6.07, 6.45) is 2.35. The van der Waals surface area contributed by atoms with Gasteiger partial charge in [0.2, 0.25) is 25.9 Å². The molecule has 1 aromatic carbocycles. The molecule has 3 rings (SSSR count). The molecule has 148 valence electrons. The number of hydrogen-bond acceptors (Lipinski definition) is 7. The van der Waals surface area contributed by atoms with Crippen molar-refractivity contribution < 1.29 is 21.4 Å². The average molecular weight is 435 g/mol. The standard InChI is InChI=1S/C15H19ClN4O5S2/c1-26(21,22)20-8-6-11(7-9-20)15-18-14(25-19-15)10-17-27(23,24)13-5-3-2-4-12(13)16/h2-5,11,17H,6-10H2,1H3. The van der Waals surface area contributed by atoms with E-state index in [0.29, 0.717) is 31.8 Å². The van der Waals surface area contributed by atoms with Gasteiger partial charge in [0, 0.05) is 19.0 Å². The summed E-state index contributed by atoms with van der Waals surface area (Å²) in [5.41, 5.74) is 0. The fourth-order valence-corrected chi connectivity index (χ4v) is 5.21. The lowest BCUT2D eigenvalue weighted by Crippen LogP contribution is -2.37. The van der Waals surface area contributed by atoms with E-state index in [1.165, 1.54) is 22.7 Å². The lowest BCUT2D eigenvalue weighted by atomic mass is 9.98. The van der Waals surface area contributed by atoms with Crippen LogP contribution in [0.25, 0.3) is 0 Å². The van der Waals surface area contributed by atoms with Crippen molar-refractivity contribution in [3.63, 3.8) is 0 Å². The SMILES string of the molecule is CS(=O)(=O)N1CCC(c2noc(CNS(=O)(=O)c3ccccc3Cl)n2)CC1. The Morgan fingerprint density at radius 2 is 1.89 bits per heavy atom. The first-order chi connectivity index (χ1) is 12.7. The van der Waals surface area contributed by atoms with Crippen LogP contribution in [0.15, 0.2) is 33.7 Å². The maximum absolute atomic E-state index is 12.3. The van der Waals surface area contributed by atoms with Crippen molar-refractivity contribution in [1.82, 2.24) is 19.2 Å². The highest BCUT2D eigenvalue weighted by Gasteiger charge is 2.28. The Morgan fingerprint density at radius 3 is 2.52 bits per heavy atom. The molecule has 1 fully saturated rings. The zero-order valence-electron chi connectivity index (χ0n) is 14.5. The first-order valence-electron chi connectivity index (χ1n) is 8.18. The van der Waals surface area contributed by atoms with Crippen LogP contribution >= 0.6 is 11.6 Å². The molecule has 0 aliphatic carbocycles. The third-order valence-electron chi connectivity index (χ3n) is 4.31. The average Bonchev–Trinajstić information content (AvgIpc) is 3.09. The van der Waals surface area contributed by atoms with Gasteiger partial charge in [-0.1, -0.05) is 28.9 Å². The van der Waals surface area contributed by atoms with Gasteiger partial charge in [-0.25, -0.2) is 25.9 Å². The van der Waals surface area contributed by atoms with Crippen LogP contribution in [0.4, 0.5) is 0 Å². The van der Waals surface area contributed by atoms with E-state index in [1.54, 1.807) is 12.1 Å². The zero-order valence-corrected chi connectivity index (χ0v) is 16.9. The Kier molecular flexibility index (Phi) is 5.87. The fourth-order valence-electron chi connectivity index (χ4n) is 2.85. The topological polar surface area (TPSA) is 122 Å². The van der Waals surface area contributed by atoms with Gasteiger partial charge in [0.25, 0.3) is 0 Å². The normalized spacial score (nSPS) is 17.3. The first-order valence-corrected chi connectivity index (χ1v) is 11.9. The van der Waals surface area contributed by atoms with Gasteiger partial charge in [0.05, 0.1) is 17.8 Å². The number of hydrogen-bond donors (Lipinski definition) is 1. The van der Waals surface area contributed by atoms with Crippen LogP contribution in [0.2, 0.25) is 5.02 Å². The molecule has 0 amide bonds. The van der Waals surface area contributed by atoms with E-state index in [0.717, 1.165) is 0 Å². The molecule has 1 saturated heterocycles. The van der Waals surface area contributed by atoms with E-state index in [1.807, 2.05) is 0 Å². The summed E-state index contributed by atoms with van der Waals surface area (Å²) in [6.45, 7) is 0.627. The predicted octanol–water partition coefficient (Wildman–Crippen LogP) is 1.34. The van der Waals surface area contributed by atoms with E-state index >= 15 is 0 Å². The molecule has 0 atom stereocenters. The Morgan fingerprint density at radius 1 is 1.22 bits per heavy atom. The van der Waals surface area contributed by atoms with E-state index in [-0.39, 0.29) is 28.3 Å². The molecule has 1 N–H and O–H groups in total. The molecule has 2 heterocycles. The highest BCUT2D eigenvalue weighted by molar-refractivity contribution is 7.89. The van der Waals surface area contributed by atoms with Crippen LogP contribution in [0.3, 0.4) is 0 Å². The summed E-state index contributed by atoms with van der Waals surface area (Å²) in [5.74, 6) is 0.557. The maximum Gasteiger partial charge on any atom is 0.242 e. The van der Waals surface area contributed by atoms with Crippen molar-refractivity contribution in [3.05, 3.63) is 41.0 Å². The summed E-state index contributed by atoms with van der Waals surface area (Å²) in [6, 6.07) is 6.11. The second-order valence-corrected chi connectivity index (χ2v) is 10.4. The molecule has 27 heavy (non-hydrogen) atoms. The Hall–Kier alpha value is -1.53. The second-order valence-electron chi connectivity index (χ2n) is 6.24. The molecule has 0 bridgehead atoms. The number of piperidine rings is 1. The molecule has 0 saturated carbocycles. The lowest BCUT2D eigenvalue weighted by Gasteiger charge is -2.28. The van der Waals surface area contributed by atoms with Crippen LogP contribution in [-0.2, 0) is 26.6 Å². The van der Waals surface area contributed by atoms with Gasteiger partial charge in [-0.15, -0.1) is 0 Å². The molecule has 12 heteroatoms. The molecule has 1 aliphatic heterocycles. The van der Waals surface area contributed by atoms with E-state index < -0.39 is 20.0 Å². The van der Waals surface area contributed by atoms with Crippen molar-refractivity contribution in [2.24, 2.45) is 0 Å². The smallest absolute Gasteiger partial charge is 0.242 e. The van der Waals surface area contributed by atoms with Gasteiger partial charge in [-0.3, -0.25) is 0 Å². The minimum atomic E-state index is -3.81. The number of nitrogens with one attached hydrogen (secondary N) is 1. The van der Waals surface area contributed by atoms with Gasteiger partial charge in [-0.2, -0.15) is 4.98 Å². The maximum atomic E-state index is 12.3. The second kappa shape index (κ2) is 7.84. The fraction of sp³-hybridized carbons (Fsp3) is 0.467. The van der Waals surface area contributed by atoms with Crippen LogP contribution < -0.4 is 4.72 Å². The number of benzene rings is 1. The van der Waals surface area contributed by atoms with Gasteiger partial charge in [0.15, 0.2) is 5.82 Å². The van der Waals surface area contributed by atoms with Crippen molar-refractivity contribution in [3.8, 4) is 0 Å². The number of nitrogens with zero attached hydrogens (tertiary/aromatic N) is 3. The minimum absolute atomic E-state index is 0.0272. The molecule has 2 aromatic rings. The summed E-state index contributed by atoms with van der Waals surface area (Å²) in [5, 5.41) is 4.02. The van der Waals surface area contributed by atoms with E-state index in [9.17, 15) is 16.8 Å². The van der Waals surface area contributed by atoms with Crippen LogP contribution in [0.1, 0.15) is 30.5 Å². The number of aromatic nitrogens is 2. The van der Waals surface area contributed by atoms with Crippen molar-refractivity contribution >= 4 is 31.6 Å². The van der Waals surface area contributed by atoms with Crippen LogP contribution in [-0.4, -0.2) is 50.6 Å². The molecular formula is C15H19ClN4O5S2. The minimum Gasteiger partial charge on any atom is -0.338 e. The number of halogens is 1. The van der Waals surface area contributed by atoms with Gasteiger partial charge in [-0.05, 0) is 25.0 Å². The summed E-state index contributed by atoms with van der Waals surface area (Å²) in [4.78, 5) is 4.21. The van der Waals surface area contributed by atoms with Crippen LogP contribution in [0.5, 0.6) is 0 Å². The number of rotatable bonds is 6. The highest BCUT2D eigenvalue weighted by Crippen LogP contribution is 2.27. The quantitative estimate of drug-likeness (QED) is 0.727. The summed E-state index contributed by atoms with van der Waals surface area (Å²) >= 11 is 5.92. The third-order valence-corrected chi connectivity index (χ3v) is 7.52. The van der Waals surface area contributed by atoms with Crippen molar-refractivity contribution in [1.29, 1.82) is 0 Å².